The fourth-order valence-electron chi connectivity index (χ4n) is 2.74. The van der Waals surface area contributed by atoms with Gasteiger partial charge < -0.3 is 9.00 Å². The van der Waals surface area contributed by atoms with Crippen LogP contribution < -0.4 is 10.1 Å². The number of benzene rings is 2. The van der Waals surface area contributed by atoms with Crippen LogP contribution >= 0.6 is 0 Å². The van der Waals surface area contributed by atoms with Gasteiger partial charge in [-0.1, -0.05) is 58.0 Å². The van der Waals surface area contributed by atoms with Crippen LogP contribution in [-0.2, 0) is 4.34 Å². The van der Waals surface area contributed by atoms with Gasteiger partial charge in [0.25, 0.3) is 0 Å². The Bertz CT molecular complexity index is 660. The Balaban J connectivity index is 2.27. The SMILES string of the molecule is CC(C)[SiH](OB(Oc1ccccc1)c1ccc(C#N)cc1)C(C)C. The van der Waals surface area contributed by atoms with Gasteiger partial charge in [0.1, 0.15) is 5.75 Å². The molecular weight excluding hydrogens is 313 g/mol. The first kappa shape index (κ1) is 18.3. The zero-order valence-corrected chi connectivity index (χ0v) is 15.9. The maximum absolute atomic E-state index is 8.99. The van der Waals surface area contributed by atoms with Gasteiger partial charge in [-0.05, 0) is 40.8 Å². The summed E-state index contributed by atoms with van der Waals surface area (Å²) in [6.45, 7) is 8.87. The standard InChI is InChI=1S/C19H24BNO2Si/c1-15(2)24(16(3)4)23-20(22-19-8-6-5-7-9-19)18-12-10-17(14-21)11-13-18/h5-13,15-16,24H,1-4H3. The van der Waals surface area contributed by atoms with Gasteiger partial charge in [-0.15, -0.1) is 0 Å². The number of hydrogen-bond donors (Lipinski definition) is 0. The van der Waals surface area contributed by atoms with Crippen molar-refractivity contribution in [3.63, 3.8) is 0 Å². The summed E-state index contributed by atoms with van der Waals surface area (Å²) in [6.07, 6.45) is 0. The van der Waals surface area contributed by atoms with E-state index in [0.29, 0.717) is 16.6 Å². The second-order valence-corrected chi connectivity index (χ2v) is 10.5. The summed E-state index contributed by atoms with van der Waals surface area (Å²) >= 11 is 0. The summed E-state index contributed by atoms with van der Waals surface area (Å²) in [5.41, 5.74) is 2.62. The predicted molar refractivity (Wildman–Crippen MR) is 102 cm³/mol. The summed E-state index contributed by atoms with van der Waals surface area (Å²) in [6, 6.07) is 19.3. The van der Waals surface area contributed by atoms with E-state index in [1.807, 2.05) is 42.5 Å². The zero-order valence-electron chi connectivity index (χ0n) is 14.8. The lowest BCUT2D eigenvalue weighted by Crippen LogP contribution is -2.46. The van der Waals surface area contributed by atoms with Crippen LogP contribution in [0.5, 0.6) is 5.75 Å². The highest BCUT2D eigenvalue weighted by Crippen LogP contribution is 2.22. The summed E-state index contributed by atoms with van der Waals surface area (Å²) in [7, 11) is -1.90. The molecule has 24 heavy (non-hydrogen) atoms. The Morgan fingerprint density at radius 1 is 0.917 bits per heavy atom. The molecule has 0 saturated heterocycles. The van der Waals surface area contributed by atoms with Gasteiger partial charge in [0.05, 0.1) is 11.6 Å². The highest BCUT2D eigenvalue weighted by Gasteiger charge is 2.31. The van der Waals surface area contributed by atoms with Crippen molar-refractivity contribution in [3.05, 3.63) is 60.2 Å². The second kappa shape index (κ2) is 8.72. The summed E-state index contributed by atoms with van der Waals surface area (Å²) in [4.78, 5) is 0. The fraction of sp³-hybridized carbons (Fsp3) is 0.316. The molecule has 0 aliphatic heterocycles. The molecule has 0 bridgehead atoms. The molecule has 0 unspecified atom stereocenters. The molecule has 2 rings (SSSR count). The zero-order chi connectivity index (χ0) is 17.5. The first-order valence-corrected chi connectivity index (χ1v) is 10.2. The van der Waals surface area contributed by atoms with Crippen molar-refractivity contribution in [1.82, 2.24) is 0 Å². The van der Waals surface area contributed by atoms with E-state index in [-0.39, 0.29) is 0 Å². The van der Waals surface area contributed by atoms with Crippen molar-refractivity contribution in [2.24, 2.45) is 0 Å². The quantitative estimate of drug-likeness (QED) is 0.720. The third-order valence-corrected chi connectivity index (χ3v) is 7.08. The molecule has 2 aromatic rings. The van der Waals surface area contributed by atoms with Crippen molar-refractivity contribution in [2.45, 2.75) is 38.8 Å². The third kappa shape index (κ3) is 4.99. The number of rotatable bonds is 7. The summed E-state index contributed by atoms with van der Waals surface area (Å²) < 4.78 is 12.6. The van der Waals surface area contributed by atoms with Crippen molar-refractivity contribution in [2.75, 3.05) is 0 Å². The van der Waals surface area contributed by atoms with Crippen LogP contribution in [0.25, 0.3) is 0 Å². The van der Waals surface area contributed by atoms with E-state index >= 15 is 0 Å². The van der Waals surface area contributed by atoms with Gasteiger partial charge in [-0.2, -0.15) is 5.26 Å². The Morgan fingerprint density at radius 2 is 1.50 bits per heavy atom. The smallest absolute Gasteiger partial charge is 0.533 e. The van der Waals surface area contributed by atoms with Gasteiger partial charge in [0.15, 0.2) is 9.04 Å². The van der Waals surface area contributed by atoms with Crippen LogP contribution in [0.4, 0.5) is 0 Å². The van der Waals surface area contributed by atoms with Gasteiger partial charge in [-0.25, -0.2) is 0 Å². The normalized spacial score (nSPS) is 10.9. The highest BCUT2D eigenvalue weighted by molar-refractivity contribution is 6.72. The Morgan fingerprint density at radius 3 is 2.00 bits per heavy atom. The highest BCUT2D eigenvalue weighted by atomic mass is 28.3. The minimum absolute atomic E-state index is 0.443. The van der Waals surface area contributed by atoms with Crippen molar-refractivity contribution >= 4 is 21.6 Å². The molecule has 124 valence electrons. The van der Waals surface area contributed by atoms with Crippen LogP contribution in [0.15, 0.2) is 54.6 Å². The van der Waals surface area contributed by atoms with Crippen LogP contribution in [0.2, 0.25) is 11.1 Å². The number of para-hydroxylation sites is 1. The van der Waals surface area contributed by atoms with Gasteiger partial charge in [0, 0.05) is 0 Å². The molecular formula is C19H24BNO2Si. The lowest BCUT2D eigenvalue weighted by molar-refractivity contribution is 0.431. The number of nitriles is 1. The summed E-state index contributed by atoms with van der Waals surface area (Å²) in [5.74, 6) is 0.784. The largest absolute Gasteiger partial charge is 0.551 e. The van der Waals surface area contributed by atoms with Crippen molar-refractivity contribution in [1.29, 1.82) is 5.26 Å². The number of hydrogen-bond acceptors (Lipinski definition) is 3. The molecule has 0 saturated carbocycles. The van der Waals surface area contributed by atoms with Crippen molar-refractivity contribution in [3.8, 4) is 11.8 Å². The van der Waals surface area contributed by atoms with E-state index in [4.69, 9.17) is 14.3 Å². The van der Waals surface area contributed by atoms with E-state index in [9.17, 15) is 0 Å². The molecule has 0 N–H and O–H groups in total. The maximum Gasteiger partial charge on any atom is 0.551 e. The van der Waals surface area contributed by atoms with Crippen LogP contribution in [0.3, 0.4) is 0 Å². The van der Waals surface area contributed by atoms with E-state index in [2.05, 4.69) is 33.8 Å². The fourth-order valence-corrected chi connectivity index (χ4v) is 5.40. The lowest BCUT2D eigenvalue weighted by atomic mass is 9.79. The molecule has 0 radical (unpaired) electrons. The minimum atomic E-state index is -1.46. The average molecular weight is 337 g/mol. The monoisotopic (exact) mass is 337 g/mol. The van der Waals surface area contributed by atoms with Crippen molar-refractivity contribution < 1.29 is 9.00 Å². The molecule has 0 amide bonds. The van der Waals surface area contributed by atoms with E-state index < -0.39 is 16.2 Å². The average Bonchev–Trinajstić information content (AvgIpc) is 2.59. The molecule has 0 aliphatic carbocycles. The van der Waals surface area contributed by atoms with Gasteiger partial charge in [-0.3, -0.25) is 0 Å². The Kier molecular flexibility index (Phi) is 6.65. The van der Waals surface area contributed by atoms with Gasteiger partial charge in [0.2, 0.25) is 0 Å². The molecule has 0 aliphatic rings. The Hall–Kier alpha value is -2.03. The predicted octanol–water partition coefficient (Wildman–Crippen LogP) is 3.89. The second-order valence-electron chi connectivity index (χ2n) is 6.59. The molecule has 0 fully saturated rings. The molecule has 3 nitrogen and oxygen atoms in total. The third-order valence-electron chi connectivity index (χ3n) is 3.89. The van der Waals surface area contributed by atoms with E-state index in [1.54, 1.807) is 12.1 Å². The molecule has 0 atom stereocenters. The molecule has 5 heteroatoms. The lowest BCUT2D eigenvalue weighted by Gasteiger charge is -2.27. The van der Waals surface area contributed by atoms with E-state index in [1.165, 1.54) is 0 Å². The molecule has 0 spiro atoms. The molecule has 2 aromatic carbocycles. The molecule has 0 heterocycles. The first-order valence-electron chi connectivity index (χ1n) is 8.38. The first-order chi connectivity index (χ1) is 11.5. The van der Waals surface area contributed by atoms with Crippen LogP contribution in [0.1, 0.15) is 33.3 Å². The van der Waals surface area contributed by atoms with E-state index in [0.717, 1.165) is 11.2 Å². The Labute approximate surface area is 147 Å². The topological polar surface area (TPSA) is 42.2 Å². The maximum atomic E-state index is 8.99. The van der Waals surface area contributed by atoms with Crippen LogP contribution in [-0.4, -0.2) is 16.2 Å². The summed E-state index contributed by atoms with van der Waals surface area (Å²) in [5, 5.41) is 8.99. The number of nitrogens with zero attached hydrogens (tertiary/aromatic N) is 1. The molecule has 0 aromatic heterocycles. The minimum Gasteiger partial charge on any atom is -0.533 e. The van der Waals surface area contributed by atoms with Gasteiger partial charge >= 0.3 is 7.12 Å². The van der Waals surface area contributed by atoms with Crippen LogP contribution in [0, 0.1) is 11.3 Å².